The second-order valence-corrected chi connectivity index (χ2v) is 7.52. The molecule has 2 nitrogen and oxygen atoms in total. The van der Waals surface area contributed by atoms with E-state index in [0.717, 1.165) is 12.5 Å². The van der Waals surface area contributed by atoms with Gasteiger partial charge in [0.15, 0.2) is 0 Å². The third kappa shape index (κ3) is 2.92. The van der Waals surface area contributed by atoms with E-state index in [1.165, 1.54) is 21.6 Å². The Bertz CT molecular complexity index is 364. The number of hydrogen-bond donors (Lipinski definition) is 1. The lowest BCUT2D eigenvalue weighted by molar-refractivity contribution is 0.185. The van der Waals surface area contributed by atoms with Gasteiger partial charge in [-0.15, -0.1) is 11.3 Å². The molecule has 1 fully saturated rings. The molecule has 1 aliphatic heterocycles. The Morgan fingerprint density at radius 1 is 1.53 bits per heavy atom. The van der Waals surface area contributed by atoms with Crippen LogP contribution in [-0.2, 0) is 0 Å². The summed E-state index contributed by atoms with van der Waals surface area (Å²) >= 11 is 5.46. The molecule has 1 aromatic heterocycles. The highest BCUT2D eigenvalue weighted by Gasteiger charge is 2.36. The zero-order valence-electron chi connectivity index (χ0n) is 10.7. The first-order valence-electron chi connectivity index (χ1n) is 6.29. The summed E-state index contributed by atoms with van der Waals surface area (Å²) in [5, 5.41) is 3.34. The number of hydrogen-bond acceptors (Lipinski definition) is 3. The van der Waals surface area contributed by atoms with E-state index < -0.39 is 0 Å². The van der Waals surface area contributed by atoms with Crippen LogP contribution in [0.3, 0.4) is 0 Å². The fourth-order valence-corrected chi connectivity index (χ4v) is 4.46. The van der Waals surface area contributed by atoms with Crippen molar-refractivity contribution in [3.8, 4) is 0 Å². The van der Waals surface area contributed by atoms with Crippen LogP contribution >= 0.6 is 27.3 Å². The maximum Gasteiger partial charge on any atom is 0.0701 e. The van der Waals surface area contributed by atoms with E-state index in [9.17, 15) is 0 Å². The van der Waals surface area contributed by atoms with Crippen molar-refractivity contribution < 1.29 is 0 Å². The van der Waals surface area contributed by atoms with Crippen molar-refractivity contribution in [2.24, 2.45) is 5.92 Å². The van der Waals surface area contributed by atoms with E-state index in [-0.39, 0.29) is 0 Å². The summed E-state index contributed by atoms with van der Waals surface area (Å²) in [5.74, 6) is 0.743. The Morgan fingerprint density at radius 3 is 2.82 bits per heavy atom. The van der Waals surface area contributed by atoms with Crippen molar-refractivity contribution in [2.75, 3.05) is 20.1 Å². The van der Waals surface area contributed by atoms with Crippen molar-refractivity contribution in [1.29, 1.82) is 0 Å². The highest BCUT2D eigenvalue weighted by Crippen LogP contribution is 2.41. The quantitative estimate of drug-likeness (QED) is 0.914. The van der Waals surface area contributed by atoms with Crippen LogP contribution in [-0.4, -0.2) is 31.1 Å². The van der Waals surface area contributed by atoms with Gasteiger partial charge >= 0.3 is 0 Å². The minimum atomic E-state index is 0.596. The van der Waals surface area contributed by atoms with Crippen LogP contribution < -0.4 is 5.32 Å². The van der Waals surface area contributed by atoms with Gasteiger partial charge in [0.1, 0.15) is 0 Å². The van der Waals surface area contributed by atoms with Crippen molar-refractivity contribution in [3.05, 3.63) is 20.8 Å². The third-order valence-corrected chi connectivity index (χ3v) is 5.27. The Balaban J connectivity index is 2.22. The van der Waals surface area contributed by atoms with Gasteiger partial charge < -0.3 is 5.32 Å². The van der Waals surface area contributed by atoms with E-state index in [4.69, 9.17) is 0 Å². The SMILES string of the molecule is CNCC1CCN(C(C)C)C1c1ccc(Br)s1. The van der Waals surface area contributed by atoms with Crippen LogP contribution in [0.15, 0.2) is 15.9 Å². The van der Waals surface area contributed by atoms with Gasteiger partial charge in [-0.2, -0.15) is 0 Å². The third-order valence-electron chi connectivity index (χ3n) is 3.58. The summed E-state index contributed by atoms with van der Waals surface area (Å²) in [4.78, 5) is 4.14. The number of halogens is 1. The molecule has 0 amide bonds. The molecule has 1 aromatic rings. The van der Waals surface area contributed by atoms with E-state index in [2.05, 4.69) is 59.2 Å². The van der Waals surface area contributed by atoms with Crippen LogP contribution in [0.5, 0.6) is 0 Å². The molecule has 2 atom stereocenters. The minimum Gasteiger partial charge on any atom is -0.319 e. The lowest BCUT2D eigenvalue weighted by Crippen LogP contribution is -2.33. The first-order valence-corrected chi connectivity index (χ1v) is 7.90. The lowest BCUT2D eigenvalue weighted by atomic mass is 9.98. The molecule has 0 radical (unpaired) electrons. The molecule has 1 N–H and O–H groups in total. The molecular weight excluding hydrogens is 296 g/mol. The first kappa shape index (κ1) is 13.5. The van der Waals surface area contributed by atoms with Crippen molar-refractivity contribution >= 4 is 27.3 Å². The molecule has 1 aliphatic rings. The average molecular weight is 317 g/mol. The van der Waals surface area contributed by atoms with E-state index in [1.54, 1.807) is 0 Å². The van der Waals surface area contributed by atoms with Gasteiger partial charge in [0.2, 0.25) is 0 Å². The van der Waals surface area contributed by atoms with Crippen LogP contribution in [0.25, 0.3) is 0 Å². The molecule has 0 aliphatic carbocycles. The van der Waals surface area contributed by atoms with Gasteiger partial charge in [-0.05, 0) is 74.4 Å². The summed E-state index contributed by atoms with van der Waals surface area (Å²) < 4.78 is 1.24. The van der Waals surface area contributed by atoms with Crippen molar-refractivity contribution in [3.63, 3.8) is 0 Å². The van der Waals surface area contributed by atoms with Crippen LogP contribution in [0.4, 0.5) is 0 Å². The van der Waals surface area contributed by atoms with Crippen molar-refractivity contribution in [2.45, 2.75) is 32.4 Å². The predicted molar refractivity (Wildman–Crippen MR) is 78.6 cm³/mol. The lowest BCUT2D eigenvalue weighted by Gasteiger charge is -2.30. The van der Waals surface area contributed by atoms with Gasteiger partial charge in [0.25, 0.3) is 0 Å². The summed E-state index contributed by atoms with van der Waals surface area (Å²) in [6, 6.07) is 5.68. The minimum absolute atomic E-state index is 0.596. The van der Waals surface area contributed by atoms with Crippen LogP contribution in [0.2, 0.25) is 0 Å². The monoisotopic (exact) mass is 316 g/mol. The topological polar surface area (TPSA) is 15.3 Å². The maximum absolute atomic E-state index is 3.58. The molecule has 1 saturated heterocycles. The smallest absolute Gasteiger partial charge is 0.0701 e. The summed E-state index contributed by atoms with van der Waals surface area (Å²) in [5.41, 5.74) is 0. The standard InChI is InChI=1S/C13H21BrN2S/c1-9(2)16-7-6-10(8-15-3)13(16)11-4-5-12(14)17-11/h4-5,9-10,13,15H,6-8H2,1-3H3. The van der Waals surface area contributed by atoms with Gasteiger partial charge in [-0.25, -0.2) is 0 Å². The molecule has 0 saturated carbocycles. The molecule has 17 heavy (non-hydrogen) atoms. The number of thiophene rings is 1. The second-order valence-electron chi connectivity index (χ2n) is 5.02. The molecule has 96 valence electrons. The Hall–Kier alpha value is 0.1000. The largest absolute Gasteiger partial charge is 0.319 e. The maximum atomic E-state index is 3.58. The average Bonchev–Trinajstić information content (AvgIpc) is 2.84. The molecular formula is C13H21BrN2S. The first-order chi connectivity index (χ1) is 8.13. The fourth-order valence-electron chi connectivity index (χ4n) is 2.82. The number of nitrogens with zero attached hydrogens (tertiary/aromatic N) is 1. The Labute approximate surface area is 117 Å². The van der Waals surface area contributed by atoms with E-state index in [0.29, 0.717) is 12.1 Å². The van der Waals surface area contributed by atoms with Crippen molar-refractivity contribution in [1.82, 2.24) is 10.2 Å². The van der Waals surface area contributed by atoms with E-state index >= 15 is 0 Å². The summed E-state index contributed by atoms with van der Waals surface area (Å²) in [7, 11) is 2.05. The Morgan fingerprint density at radius 2 is 2.29 bits per heavy atom. The second kappa shape index (κ2) is 5.83. The summed E-state index contributed by atoms with van der Waals surface area (Å²) in [6.45, 7) is 6.95. The van der Waals surface area contributed by atoms with Crippen LogP contribution in [0.1, 0.15) is 31.2 Å². The number of likely N-dealkylation sites (tertiary alicyclic amines) is 1. The predicted octanol–water partition coefficient (Wildman–Crippen LogP) is 3.50. The van der Waals surface area contributed by atoms with Crippen LogP contribution in [0, 0.1) is 5.92 Å². The zero-order valence-corrected chi connectivity index (χ0v) is 13.1. The fraction of sp³-hybridized carbons (Fsp3) is 0.692. The molecule has 2 unspecified atom stereocenters. The van der Waals surface area contributed by atoms with Gasteiger partial charge in [0.05, 0.1) is 3.79 Å². The van der Waals surface area contributed by atoms with E-state index in [1.807, 2.05) is 11.3 Å². The highest BCUT2D eigenvalue weighted by molar-refractivity contribution is 9.11. The highest BCUT2D eigenvalue weighted by atomic mass is 79.9. The normalized spacial score (nSPS) is 25.9. The molecule has 0 bridgehead atoms. The molecule has 2 rings (SSSR count). The molecule has 2 heterocycles. The molecule has 0 spiro atoms. The van der Waals surface area contributed by atoms with Gasteiger partial charge in [-0.3, -0.25) is 4.90 Å². The zero-order chi connectivity index (χ0) is 12.4. The summed E-state index contributed by atoms with van der Waals surface area (Å²) in [6.07, 6.45) is 1.30. The molecule has 4 heteroatoms. The number of nitrogens with one attached hydrogen (secondary N) is 1. The van der Waals surface area contributed by atoms with Gasteiger partial charge in [-0.1, -0.05) is 0 Å². The Kier molecular flexibility index (Phi) is 4.64. The molecule has 0 aromatic carbocycles. The number of rotatable bonds is 4. The van der Waals surface area contributed by atoms with Gasteiger partial charge in [0, 0.05) is 17.0 Å².